The number of H-pyrrole nitrogens is 1. The predicted octanol–water partition coefficient (Wildman–Crippen LogP) is 0.549. The molecule has 0 bridgehead atoms. The maximum absolute atomic E-state index is 12.6. The van der Waals surface area contributed by atoms with E-state index in [2.05, 4.69) is 4.98 Å². The molecule has 6 nitrogen and oxygen atoms in total. The number of hydrogen-bond donors (Lipinski definition) is 2. The molecular formula is C15H19N3O3. The van der Waals surface area contributed by atoms with Gasteiger partial charge in [0.05, 0.1) is 0 Å². The maximum atomic E-state index is 12.6. The Morgan fingerprint density at radius 2 is 2.10 bits per heavy atom. The molecule has 0 unspecified atom stereocenters. The average Bonchev–Trinajstić information content (AvgIpc) is 2.42. The van der Waals surface area contributed by atoms with Gasteiger partial charge in [0.1, 0.15) is 5.56 Å². The monoisotopic (exact) mass is 289 g/mol. The molecular weight excluding hydrogens is 270 g/mol. The van der Waals surface area contributed by atoms with Crippen molar-refractivity contribution in [1.82, 2.24) is 9.88 Å². The van der Waals surface area contributed by atoms with Crippen LogP contribution in [0.3, 0.4) is 0 Å². The highest BCUT2D eigenvalue weighted by atomic mass is 16.2. The lowest BCUT2D eigenvalue weighted by Gasteiger charge is -2.42. The molecule has 3 N–H and O–H groups in total. The van der Waals surface area contributed by atoms with E-state index >= 15 is 0 Å². The Morgan fingerprint density at radius 3 is 2.67 bits per heavy atom. The zero-order chi connectivity index (χ0) is 15.2. The van der Waals surface area contributed by atoms with Gasteiger partial charge in [-0.2, -0.15) is 0 Å². The molecule has 1 saturated carbocycles. The van der Waals surface area contributed by atoms with E-state index in [0.29, 0.717) is 19.5 Å². The summed E-state index contributed by atoms with van der Waals surface area (Å²) in [5, 5.41) is 0. The smallest absolute Gasteiger partial charge is 0.261 e. The molecule has 0 radical (unpaired) electrons. The minimum absolute atomic E-state index is 0.0436. The Labute approximate surface area is 122 Å². The second kappa shape index (κ2) is 4.72. The van der Waals surface area contributed by atoms with Crippen LogP contribution in [-0.2, 0) is 17.8 Å². The highest BCUT2D eigenvalue weighted by Gasteiger charge is 2.42. The quantitative estimate of drug-likeness (QED) is 0.832. The van der Waals surface area contributed by atoms with Gasteiger partial charge in [-0.25, -0.2) is 0 Å². The second-order valence-electron chi connectivity index (χ2n) is 6.27. The van der Waals surface area contributed by atoms with Crippen LogP contribution < -0.4 is 11.3 Å². The van der Waals surface area contributed by atoms with Gasteiger partial charge in [-0.3, -0.25) is 14.4 Å². The number of carbonyl (C=O) groups is 2. The van der Waals surface area contributed by atoms with Crippen molar-refractivity contribution in [3.8, 4) is 0 Å². The van der Waals surface area contributed by atoms with Crippen molar-refractivity contribution in [2.75, 3.05) is 6.54 Å². The number of rotatable bonds is 2. The van der Waals surface area contributed by atoms with Crippen molar-refractivity contribution in [2.45, 2.75) is 39.2 Å². The normalized spacial score (nSPS) is 19.6. The van der Waals surface area contributed by atoms with Crippen LogP contribution in [0.5, 0.6) is 0 Å². The first-order valence-corrected chi connectivity index (χ1v) is 7.25. The first kappa shape index (κ1) is 13.9. The number of hydrogen-bond acceptors (Lipinski definition) is 3. The molecule has 1 aromatic heterocycles. The Hall–Kier alpha value is -2.11. The molecule has 1 aliphatic heterocycles. The summed E-state index contributed by atoms with van der Waals surface area (Å²) in [6.45, 7) is 3.05. The molecule has 2 heterocycles. The van der Waals surface area contributed by atoms with E-state index in [4.69, 9.17) is 5.73 Å². The number of nitrogens with zero attached hydrogens (tertiary/aromatic N) is 1. The number of pyridine rings is 1. The number of nitrogens with one attached hydrogen (secondary N) is 1. The van der Waals surface area contributed by atoms with Crippen LogP contribution >= 0.6 is 0 Å². The van der Waals surface area contributed by atoms with E-state index in [0.717, 1.165) is 30.5 Å². The third-order valence-corrected chi connectivity index (χ3v) is 4.73. The molecule has 0 spiro atoms. The van der Waals surface area contributed by atoms with E-state index in [1.165, 1.54) is 6.07 Å². The summed E-state index contributed by atoms with van der Waals surface area (Å²) in [7, 11) is 0. The van der Waals surface area contributed by atoms with E-state index in [1.54, 1.807) is 0 Å². The minimum atomic E-state index is -0.742. The first-order chi connectivity index (χ1) is 9.90. The molecule has 6 heteroatoms. The highest BCUT2D eigenvalue weighted by Crippen LogP contribution is 2.42. The first-order valence-electron chi connectivity index (χ1n) is 7.25. The number of primary amides is 1. The SMILES string of the molecule is CC1(C(=O)N2CCc3[nH]c(=O)c(C(N)=O)cc3C2)CCC1. The summed E-state index contributed by atoms with van der Waals surface area (Å²) in [4.78, 5) is 40.1. The van der Waals surface area contributed by atoms with Crippen molar-refractivity contribution in [3.05, 3.63) is 33.2 Å². The zero-order valence-electron chi connectivity index (χ0n) is 12.1. The van der Waals surface area contributed by atoms with Gasteiger partial charge < -0.3 is 15.6 Å². The number of aromatic nitrogens is 1. The standard InChI is InChI=1S/C15H19N3O3/c1-15(4-2-5-15)14(21)18-6-3-11-9(8-18)7-10(12(16)19)13(20)17-11/h7H,2-6,8H2,1H3,(H2,16,19)(H,17,20). The van der Waals surface area contributed by atoms with E-state index in [9.17, 15) is 14.4 Å². The Bertz CT molecular complexity index is 673. The summed E-state index contributed by atoms with van der Waals surface area (Å²) in [5.41, 5.74) is 6.09. The van der Waals surface area contributed by atoms with Gasteiger partial charge in [0, 0.05) is 30.6 Å². The number of fused-ring (bicyclic) bond motifs is 1. The zero-order valence-corrected chi connectivity index (χ0v) is 12.1. The number of aromatic amines is 1. The van der Waals surface area contributed by atoms with Crippen LogP contribution in [0.2, 0.25) is 0 Å². The van der Waals surface area contributed by atoms with E-state index in [1.807, 2.05) is 11.8 Å². The van der Waals surface area contributed by atoms with Crippen molar-refractivity contribution in [1.29, 1.82) is 0 Å². The largest absolute Gasteiger partial charge is 0.365 e. The van der Waals surface area contributed by atoms with Crippen LogP contribution in [0.1, 0.15) is 47.8 Å². The molecule has 0 saturated heterocycles. The van der Waals surface area contributed by atoms with Crippen LogP contribution in [0.4, 0.5) is 0 Å². The van der Waals surface area contributed by atoms with Gasteiger partial charge >= 0.3 is 0 Å². The Morgan fingerprint density at radius 1 is 1.38 bits per heavy atom. The summed E-state index contributed by atoms with van der Waals surface area (Å²) in [5.74, 6) is -0.570. The lowest BCUT2D eigenvalue weighted by molar-refractivity contribution is -0.147. The molecule has 112 valence electrons. The summed E-state index contributed by atoms with van der Waals surface area (Å²) < 4.78 is 0. The highest BCUT2D eigenvalue weighted by molar-refractivity contribution is 5.92. The van der Waals surface area contributed by atoms with Crippen molar-refractivity contribution in [2.24, 2.45) is 11.1 Å². The van der Waals surface area contributed by atoms with Crippen molar-refractivity contribution in [3.63, 3.8) is 0 Å². The summed E-state index contributed by atoms with van der Waals surface area (Å²) in [6, 6.07) is 1.53. The number of nitrogens with two attached hydrogens (primary N) is 1. The fraction of sp³-hybridized carbons (Fsp3) is 0.533. The van der Waals surface area contributed by atoms with Crippen molar-refractivity contribution < 1.29 is 9.59 Å². The predicted molar refractivity (Wildman–Crippen MR) is 76.7 cm³/mol. The summed E-state index contributed by atoms with van der Waals surface area (Å²) in [6.07, 6.45) is 3.58. The minimum Gasteiger partial charge on any atom is -0.365 e. The molecule has 2 aliphatic rings. The van der Waals surface area contributed by atoms with Gasteiger partial charge in [-0.15, -0.1) is 0 Å². The molecule has 21 heavy (non-hydrogen) atoms. The summed E-state index contributed by atoms with van der Waals surface area (Å²) >= 11 is 0. The lowest BCUT2D eigenvalue weighted by atomic mass is 9.69. The maximum Gasteiger partial charge on any atom is 0.261 e. The molecule has 0 aromatic carbocycles. The van der Waals surface area contributed by atoms with Gasteiger partial charge in [0.2, 0.25) is 5.91 Å². The van der Waals surface area contributed by atoms with Crippen molar-refractivity contribution >= 4 is 11.8 Å². The molecule has 0 atom stereocenters. The third-order valence-electron chi connectivity index (χ3n) is 4.73. The molecule has 1 fully saturated rings. The molecule has 1 aromatic rings. The van der Waals surface area contributed by atoms with Crippen LogP contribution in [0.15, 0.2) is 10.9 Å². The van der Waals surface area contributed by atoms with Gasteiger partial charge in [-0.05, 0) is 24.5 Å². The van der Waals surface area contributed by atoms with E-state index in [-0.39, 0.29) is 16.9 Å². The average molecular weight is 289 g/mol. The topological polar surface area (TPSA) is 96.3 Å². The van der Waals surface area contributed by atoms with Gasteiger partial charge in [-0.1, -0.05) is 13.3 Å². The second-order valence-corrected chi connectivity index (χ2v) is 6.27. The number of amides is 2. The Kier molecular flexibility index (Phi) is 3.11. The Balaban J connectivity index is 1.88. The third kappa shape index (κ3) is 2.24. The molecule has 1 aliphatic carbocycles. The van der Waals surface area contributed by atoms with E-state index < -0.39 is 11.5 Å². The number of carbonyl (C=O) groups excluding carboxylic acids is 2. The van der Waals surface area contributed by atoms with Crippen LogP contribution in [-0.4, -0.2) is 28.2 Å². The van der Waals surface area contributed by atoms with Crippen LogP contribution in [0.25, 0.3) is 0 Å². The molecule has 3 rings (SSSR count). The van der Waals surface area contributed by atoms with Crippen LogP contribution in [0, 0.1) is 5.41 Å². The fourth-order valence-electron chi connectivity index (χ4n) is 3.17. The molecule has 2 amide bonds. The van der Waals surface area contributed by atoms with Gasteiger partial charge in [0.15, 0.2) is 0 Å². The van der Waals surface area contributed by atoms with Gasteiger partial charge in [0.25, 0.3) is 11.5 Å². The lowest BCUT2D eigenvalue weighted by Crippen LogP contribution is -2.48. The fourth-order valence-corrected chi connectivity index (χ4v) is 3.17.